The van der Waals surface area contributed by atoms with Gasteiger partial charge in [0.2, 0.25) is 5.76 Å². The molecule has 0 spiro atoms. The molecule has 7 heteroatoms. The quantitative estimate of drug-likeness (QED) is 0.558. The molecule has 3 aromatic rings. The smallest absolute Gasteiger partial charge is 0.371 e. The zero-order chi connectivity index (χ0) is 15.7. The Labute approximate surface area is 135 Å². The van der Waals surface area contributed by atoms with Gasteiger partial charge >= 0.3 is 5.97 Å². The third kappa shape index (κ3) is 3.00. The Bertz CT molecular complexity index is 839. The van der Waals surface area contributed by atoms with Crippen molar-refractivity contribution < 1.29 is 14.3 Å². The van der Waals surface area contributed by atoms with Crippen LogP contribution >= 0.6 is 23.1 Å². The predicted octanol–water partition coefficient (Wildman–Crippen LogP) is 4.15. The molecule has 114 valence electrons. The number of thiophene rings is 1. The van der Waals surface area contributed by atoms with E-state index >= 15 is 0 Å². The number of aromatic carboxylic acids is 1. The number of aromatic nitrogens is 2. The minimum absolute atomic E-state index is 0.0385. The van der Waals surface area contributed by atoms with Crippen LogP contribution in [-0.4, -0.2) is 21.0 Å². The number of nitrogens with zero attached hydrogens (tertiary/aromatic N) is 2. The highest BCUT2D eigenvalue weighted by molar-refractivity contribution is 7.98. The lowest BCUT2D eigenvalue weighted by Gasteiger charge is -2.02. The van der Waals surface area contributed by atoms with Gasteiger partial charge in [0.25, 0.3) is 0 Å². The monoisotopic (exact) mass is 334 g/mol. The molecule has 0 unspecified atom stereocenters. The lowest BCUT2D eigenvalue weighted by Crippen LogP contribution is -1.92. The van der Waals surface area contributed by atoms with Crippen molar-refractivity contribution in [2.75, 3.05) is 0 Å². The van der Waals surface area contributed by atoms with Crippen molar-refractivity contribution >= 4 is 39.3 Å². The summed E-state index contributed by atoms with van der Waals surface area (Å²) in [5, 5.41) is 10.8. The Hall–Kier alpha value is -1.86. The lowest BCUT2D eigenvalue weighted by molar-refractivity contribution is 0.0661. The van der Waals surface area contributed by atoms with Gasteiger partial charge in [0.05, 0.1) is 5.75 Å². The van der Waals surface area contributed by atoms with Gasteiger partial charge in [-0.3, -0.25) is 0 Å². The van der Waals surface area contributed by atoms with Crippen molar-refractivity contribution in [3.05, 3.63) is 40.4 Å². The molecule has 0 aliphatic carbocycles. The standard InChI is InChI=1S/C15H14N2O3S2/c1-3-10-6-11-13(16-8(2)17-14(11)22-10)21-7-9-4-5-12(20-9)15(18)19/h4-6H,3,7H2,1-2H3,(H,18,19). The summed E-state index contributed by atoms with van der Waals surface area (Å²) in [5.41, 5.74) is 0. The predicted molar refractivity (Wildman–Crippen MR) is 86.8 cm³/mol. The molecule has 0 saturated carbocycles. The second-order valence-corrected chi connectivity index (χ2v) is 6.80. The highest BCUT2D eigenvalue weighted by Crippen LogP contribution is 2.33. The first-order chi connectivity index (χ1) is 10.6. The van der Waals surface area contributed by atoms with Crippen LogP contribution in [0.5, 0.6) is 0 Å². The molecule has 3 aromatic heterocycles. The fraction of sp³-hybridized carbons (Fsp3) is 0.267. The molecule has 3 heterocycles. The van der Waals surface area contributed by atoms with Crippen LogP contribution in [0.4, 0.5) is 0 Å². The highest BCUT2D eigenvalue weighted by Gasteiger charge is 2.13. The van der Waals surface area contributed by atoms with Crippen LogP contribution < -0.4 is 0 Å². The van der Waals surface area contributed by atoms with Gasteiger partial charge in [0, 0.05) is 10.3 Å². The number of carboxylic acid groups (broad SMARTS) is 1. The van der Waals surface area contributed by atoms with Crippen LogP contribution in [-0.2, 0) is 12.2 Å². The number of fused-ring (bicyclic) bond motifs is 1. The molecule has 3 rings (SSSR count). The minimum atomic E-state index is -1.05. The van der Waals surface area contributed by atoms with Gasteiger partial charge in [-0.25, -0.2) is 14.8 Å². The van der Waals surface area contributed by atoms with Crippen molar-refractivity contribution in [2.45, 2.75) is 31.0 Å². The minimum Gasteiger partial charge on any atom is -0.475 e. The van der Waals surface area contributed by atoms with Gasteiger partial charge in [-0.1, -0.05) is 18.7 Å². The van der Waals surface area contributed by atoms with Crippen LogP contribution in [0.25, 0.3) is 10.2 Å². The highest BCUT2D eigenvalue weighted by atomic mass is 32.2. The largest absolute Gasteiger partial charge is 0.475 e. The molecule has 0 aromatic carbocycles. The lowest BCUT2D eigenvalue weighted by atomic mass is 10.3. The van der Waals surface area contributed by atoms with E-state index in [9.17, 15) is 4.79 Å². The first kappa shape index (κ1) is 15.1. The molecule has 0 amide bonds. The molecular weight excluding hydrogens is 320 g/mol. The Morgan fingerprint density at radius 3 is 2.91 bits per heavy atom. The van der Waals surface area contributed by atoms with E-state index in [1.807, 2.05) is 6.92 Å². The van der Waals surface area contributed by atoms with E-state index in [1.165, 1.54) is 22.7 Å². The Morgan fingerprint density at radius 1 is 1.41 bits per heavy atom. The van der Waals surface area contributed by atoms with Gasteiger partial charge in [-0.05, 0) is 31.5 Å². The van der Waals surface area contributed by atoms with E-state index in [2.05, 4.69) is 23.0 Å². The fourth-order valence-corrected chi connectivity index (χ4v) is 4.06. The number of rotatable bonds is 5. The molecule has 5 nitrogen and oxygen atoms in total. The van der Waals surface area contributed by atoms with E-state index in [1.54, 1.807) is 17.4 Å². The first-order valence-electron chi connectivity index (χ1n) is 6.78. The number of hydrogen-bond donors (Lipinski definition) is 1. The maximum atomic E-state index is 10.8. The summed E-state index contributed by atoms with van der Waals surface area (Å²) in [6.07, 6.45) is 0.977. The topological polar surface area (TPSA) is 76.2 Å². The molecule has 0 saturated heterocycles. The summed E-state index contributed by atoms with van der Waals surface area (Å²) in [5.74, 6) is 0.809. The van der Waals surface area contributed by atoms with Gasteiger partial charge in [0.15, 0.2) is 0 Å². The average Bonchev–Trinajstić information content (AvgIpc) is 3.10. The molecule has 0 atom stereocenters. The Morgan fingerprint density at radius 2 is 2.23 bits per heavy atom. The van der Waals surface area contributed by atoms with Crippen molar-refractivity contribution in [2.24, 2.45) is 0 Å². The first-order valence-corrected chi connectivity index (χ1v) is 8.59. The van der Waals surface area contributed by atoms with Gasteiger partial charge in [-0.2, -0.15) is 0 Å². The number of hydrogen-bond acceptors (Lipinski definition) is 6. The van der Waals surface area contributed by atoms with Crippen LogP contribution in [0, 0.1) is 6.92 Å². The number of aryl methyl sites for hydroxylation is 2. The summed E-state index contributed by atoms with van der Waals surface area (Å²) in [7, 11) is 0. The third-order valence-electron chi connectivity index (χ3n) is 3.09. The molecule has 22 heavy (non-hydrogen) atoms. The van der Waals surface area contributed by atoms with Gasteiger partial charge in [0.1, 0.15) is 21.4 Å². The Kier molecular flexibility index (Phi) is 4.17. The molecule has 0 radical (unpaired) electrons. The van der Waals surface area contributed by atoms with E-state index < -0.39 is 5.97 Å². The van der Waals surface area contributed by atoms with E-state index in [-0.39, 0.29) is 5.76 Å². The van der Waals surface area contributed by atoms with Crippen LogP contribution in [0.15, 0.2) is 27.6 Å². The van der Waals surface area contributed by atoms with Crippen molar-refractivity contribution in [1.29, 1.82) is 0 Å². The third-order valence-corrected chi connectivity index (χ3v) is 5.28. The molecule has 0 aliphatic heterocycles. The number of thioether (sulfide) groups is 1. The van der Waals surface area contributed by atoms with Crippen molar-refractivity contribution in [1.82, 2.24) is 9.97 Å². The average molecular weight is 334 g/mol. The van der Waals surface area contributed by atoms with Crippen LogP contribution in [0.2, 0.25) is 0 Å². The summed E-state index contributed by atoms with van der Waals surface area (Å²) in [6, 6.07) is 5.29. The fourth-order valence-electron chi connectivity index (χ4n) is 2.04. The second kappa shape index (κ2) is 6.10. The zero-order valence-corrected chi connectivity index (χ0v) is 13.8. The van der Waals surface area contributed by atoms with Crippen LogP contribution in [0.3, 0.4) is 0 Å². The van der Waals surface area contributed by atoms with Crippen molar-refractivity contribution in [3.63, 3.8) is 0 Å². The summed E-state index contributed by atoms with van der Waals surface area (Å²) in [4.78, 5) is 22.1. The molecule has 0 fully saturated rings. The number of carbonyl (C=O) groups is 1. The number of carboxylic acids is 1. The normalized spacial score (nSPS) is 11.2. The Balaban J connectivity index is 1.86. The van der Waals surface area contributed by atoms with Crippen molar-refractivity contribution in [3.8, 4) is 0 Å². The summed E-state index contributed by atoms with van der Waals surface area (Å²) >= 11 is 3.22. The van der Waals surface area contributed by atoms with E-state index in [0.717, 1.165) is 27.5 Å². The maximum absolute atomic E-state index is 10.8. The molecular formula is C15H14N2O3S2. The number of furan rings is 1. The summed E-state index contributed by atoms with van der Waals surface area (Å²) in [6.45, 7) is 4.00. The molecule has 0 bridgehead atoms. The van der Waals surface area contributed by atoms with E-state index in [0.29, 0.717) is 11.5 Å². The van der Waals surface area contributed by atoms with Crippen LogP contribution in [0.1, 0.15) is 33.9 Å². The molecule has 0 aliphatic rings. The zero-order valence-electron chi connectivity index (χ0n) is 12.1. The van der Waals surface area contributed by atoms with E-state index in [4.69, 9.17) is 9.52 Å². The van der Waals surface area contributed by atoms with Gasteiger partial charge in [-0.15, -0.1) is 11.3 Å². The second-order valence-electron chi connectivity index (χ2n) is 4.72. The molecule has 1 N–H and O–H groups in total. The SMILES string of the molecule is CCc1cc2c(SCc3ccc(C(=O)O)o3)nc(C)nc2s1. The summed E-state index contributed by atoms with van der Waals surface area (Å²) < 4.78 is 5.27. The maximum Gasteiger partial charge on any atom is 0.371 e. The van der Waals surface area contributed by atoms with Gasteiger partial charge < -0.3 is 9.52 Å².